The Hall–Kier alpha value is 3.74. The van der Waals surface area contributed by atoms with Gasteiger partial charge in [0.05, 0.1) is 0 Å². The van der Waals surface area contributed by atoms with Crippen molar-refractivity contribution in [3.05, 3.63) is 0 Å². The van der Waals surface area contributed by atoms with E-state index in [1.54, 1.807) is 0 Å². The smallest absolute Gasteiger partial charge is 0 e. The Morgan fingerprint density at radius 1 is 1.00 bits per heavy atom. The maximum Gasteiger partial charge on any atom is 0.316 e. The minimum Gasteiger partial charge on any atom is 0 e. The molecule has 0 spiro atoms. The van der Waals surface area contributed by atoms with Gasteiger partial charge in [-0.1, -0.05) is 0 Å². The summed E-state index contributed by atoms with van der Waals surface area (Å²) in [4.78, 5) is 0. The van der Waals surface area contributed by atoms with Crippen molar-refractivity contribution in [3.63, 3.8) is 0 Å². The summed E-state index contributed by atoms with van der Waals surface area (Å²) in [6.45, 7) is 0. The van der Waals surface area contributed by atoms with E-state index in [9.17, 15) is 0 Å². The van der Waals surface area contributed by atoms with Crippen molar-refractivity contribution >= 4 is 69.2 Å². The number of hydrogen-bond acceptors (Lipinski definition) is 0. The maximum atomic E-state index is 0. The van der Waals surface area contributed by atoms with E-state index in [-0.39, 0.29) is 114 Å². The summed E-state index contributed by atoms with van der Waals surface area (Å²) in [7, 11) is 0. The third kappa shape index (κ3) is 18.2. The largest absolute Gasteiger partial charge is 0.316 e. The molecule has 0 atom stereocenters. The maximum absolute atomic E-state index is 0. The second-order valence-electron chi connectivity index (χ2n) is 0. The fourth-order valence-corrected chi connectivity index (χ4v) is 0. The van der Waals surface area contributed by atoms with Crippen molar-refractivity contribution in [2.75, 3.05) is 0 Å². The summed E-state index contributed by atoms with van der Waals surface area (Å²) in [5, 5.41) is 0. The Morgan fingerprint density at radius 3 is 1.00 bits per heavy atom. The first-order chi connectivity index (χ1) is 0. The summed E-state index contributed by atoms with van der Waals surface area (Å²) < 4.78 is 0. The molecule has 0 aromatic heterocycles. The zero-order valence-corrected chi connectivity index (χ0v) is 12.2. The van der Waals surface area contributed by atoms with Crippen LogP contribution in [0, 0.1) is 0 Å². The molecular formula is H3HgLiMgMnPb. The van der Waals surface area contributed by atoms with E-state index in [1.807, 2.05) is 0 Å². The molecule has 0 aliphatic rings. The Labute approximate surface area is 111 Å². The standard InChI is InChI=1S/Hg.Li.Mg.Mn.Pb.3H. The predicted octanol–water partition coefficient (Wildman–Crippen LogP) is -1.95. The Bertz CT molecular complexity index is 11.6. The average molecular weight is 497 g/mol. The molecule has 0 rings (SSSR count). The fraction of sp³-hybridized carbons (Fsp3) is 0. The van der Waals surface area contributed by atoms with Gasteiger partial charge in [0.25, 0.3) is 0 Å². The molecule has 5 radical (unpaired) electrons. The molecule has 0 nitrogen and oxygen atoms in total. The van der Waals surface area contributed by atoms with Gasteiger partial charge in [0.1, 0.15) is 0 Å². The average Bonchev–Trinajstić information content (AvgIpc) is 0. The van der Waals surface area contributed by atoms with Crippen LogP contribution in [0.4, 0.5) is 0 Å². The molecule has 0 fully saturated rings. The molecule has 0 N–H and O–H groups in total. The van der Waals surface area contributed by atoms with Gasteiger partial charge < -0.3 is 0 Å². The summed E-state index contributed by atoms with van der Waals surface area (Å²) in [5.74, 6) is 0. The molecule has 5 heteroatoms. The molecular weight excluding hydrogens is 494 g/mol. The predicted molar refractivity (Wildman–Crippen MR) is 21.4 cm³/mol. The first-order valence-electron chi connectivity index (χ1n) is 0. The van der Waals surface area contributed by atoms with E-state index in [4.69, 9.17) is 0 Å². The van der Waals surface area contributed by atoms with E-state index < -0.39 is 0 Å². The second kappa shape index (κ2) is 25.1. The van der Waals surface area contributed by atoms with Crippen molar-refractivity contribution in [3.8, 4) is 0 Å². The van der Waals surface area contributed by atoms with Crippen LogP contribution in [-0.4, -0.2) is 69.2 Å². The van der Waals surface area contributed by atoms with Crippen LogP contribution in [0.15, 0.2) is 0 Å². The Balaban J connectivity index is 0. The first kappa shape index (κ1) is 37.4. The minimum atomic E-state index is 0. The number of hydrogen-bond donors (Lipinski definition) is 0. The molecule has 0 aliphatic carbocycles. The van der Waals surface area contributed by atoms with Crippen LogP contribution >= 0.6 is 0 Å². The van der Waals surface area contributed by atoms with Crippen molar-refractivity contribution in [1.82, 2.24) is 0 Å². The molecule has 0 amide bonds. The van der Waals surface area contributed by atoms with Gasteiger partial charge in [0.15, 0.2) is 0 Å². The van der Waals surface area contributed by atoms with E-state index in [1.165, 1.54) is 0 Å². The molecule has 0 bridgehead atoms. The van der Waals surface area contributed by atoms with E-state index in [0.29, 0.717) is 0 Å². The molecule has 0 saturated carbocycles. The second-order valence-corrected chi connectivity index (χ2v) is 0. The van der Waals surface area contributed by atoms with Crippen LogP contribution in [-0.2, 0) is 44.7 Å². The SMILES string of the molecule is [Hg].[LiH].[MgH2].[Mn].[Pb]. The molecule has 0 aliphatic heterocycles. The van der Waals surface area contributed by atoms with Gasteiger partial charge in [-0.15, -0.1) is 0 Å². The molecule has 0 aromatic rings. The summed E-state index contributed by atoms with van der Waals surface area (Å²) in [5.41, 5.74) is 0. The van der Waals surface area contributed by atoms with Crippen LogP contribution < -0.4 is 0 Å². The molecule has 0 saturated heterocycles. The summed E-state index contributed by atoms with van der Waals surface area (Å²) in [6, 6.07) is 0. The van der Waals surface area contributed by atoms with Gasteiger partial charge in [-0.05, 0) is 0 Å². The van der Waals surface area contributed by atoms with E-state index >= 15 is 0 Å². The fourth-order valence-electron chi connectivity index (χ4n) is 0. The van der Waals surface area contributed by atoms with Gasteiger partial charge >= 0.3 is 41.9 Å². The monoisotopic (exact) mass is 499 g/mol. The third-order valence-electron chi connectivity index (χ3n) is 0. The van der Waals surface area contributed by atoms with Gasteiger partial charge in [0.2, 0.25) is 0 Å². The Morgan fingerprint density at radius 2 is 1.00 bits per heavy atom. The van der Waals surface area contributed by atoms with Crippen LogP contribution in [0.3, 0.4) is 0 Å². The molecule has 19 valence electrons. The minimum absolute atomic E-state index is 0. The van der Waals surface area contributed by atoms with Gasteiger partial charge in [-0.25, -0.2) is 0 Å². The normalized spacial score (nSPS) is 0. The molecule has 5 heavy (non-hydrogen) atoms. The van der Waals surface area contributed by atoms with Crippen LogP contribution in [0.2, 0.25) is 0 Å². The van der Waals surface area contributed by atoms with Gasteiger partial charge in [0, 0.05) is 72.0 Å². The quantitative estimate of drug-likeness (QED) is 0.342. The first-order valence-corrected chi connectivity index (χ1v) is 0. The summed E-state index contributed by atoms with van der Waals surface area (Å²) >= 11 is 0. The van der Waals surface area contributed by atoms with Crippen molar-refractivity contribution < 1.29 is 44.7 Å². The van der Waals surface area contributed by atoms with E-state index in [0.717, 1.165) is 0 Å². The van der Waals surface area contributed by atoms with E-state index in [2.05, 4.69) is 0 Å². The van der Waals surface area contributed by atoms with Crippen LogP contribution in [0.1, 0.15) is 0 Å². The summed E-state index contributed by atoms with van der Waals surface area (Å²) in [6.07, 6.45) is 0. The van der Waals surface area contributed by atoms with Crippen molar-refractivity contribution in [2.24, 2.45) is 0 Å². The van der Waals surface area contributed by atoms with Gasteiger partial charge in [-0.2, -0.15) is 0 Å². The molecule has 0 heterocycles. The van der Waals surface area contributed by atoms with Crippen LogP contribution in [0.5, 0.6) is 0 Å². The number of rotatable bonds is 0. The van der Waals surface area contributed by atoms with Crippen molar-refractivity contribution in [2.45, 2.75) is 0 Å². The van der Waals surface area contributed by atoms with Gasteiger partial charge in [-0.3, -0.25) is 0 Å². The zero-order valence-electron chi connectivity index (χ0n) is 1.59. The molecule has 0 unspecified atom stereocenters. The zero-order chi connectivity index (χ0) is 0. The van der Waals surface area contributed by atoms with Crippen molar-refractivity contribution in [1.29, 1.82) is 0 Å². The topological polar surface area (TPSA) is 0 Å². The van der Waals surface area contributed by atoms with Crippen LogP contribution in [0.25, 0.3) is 0 Å². The third-order valence-corrected chi connectivity index (χ3v) is 0. The molecule has 0 aromatic carbocycles. The Kier molecular flexibility index (Phi) is 188.